The Labute approximate surface area is 110 Å². The van der Waals surface area contributed by atoms with E-state index in [1.807, 2.05) is 0 Å². The third kappa shape index (κ3) is 3.85. The number of nitrogens with one attached hydrogen (secondary N) is 1. The SMILES string of the molecule is C#CCNC(=O)C(C)Oc1cccc(Cl)c1Cl. The van der Waals surface area contributed by atoms with Crippen LogP contribution in [0.1, 0.15) is 6.92 Å². The van der Waals surface area contributed by atoms with Crippen LogP contribution in [-0.4, -0.2) is 18.6 Å². The summed E-state index contributed by atoms with van der Waals surface area (Å²) in [5.41, 5.74) is 0. The van der Waals surface area contributed by atoms with E-state index in [0.29, 0.717) is 10.8 Å². The molecule has 17 heavy (non-hydrogen) atoms. The van der Waals surface area contributed by atoms with Crippen LogP contribution in [0, 0.1) is 12.3 Å². The Hall–Kier alpha value is -1.37. The van der Waals surface area contributed by atoms with Gasteiger partial charge in [-0.3, -0.25) is 4.79 Å². The van der Waals surface area contributed by atoms with Gasteiger partial charge in [-0.1, -0.05) is 35.2 Å². The van der Waals surface area contributed by atoms with E-state index in [-0.39, 0.29) is 17.5 Å². The number of rotatable bonds is 4. The molecule has 0 fully saturated rings. The van der Waals surface area contributed by atoms with Gasteiger partial charge >= 0.3 is 0 Å². The summed E-state index contributed by atoms with van der Waals surface area (Å²) in [7, 11) is 0. The Morgan fingerprint density at radius 1 is 1.59 bits per heavy atom. The van der Waals surface area contributed by atoms with Crippen molar-refractivity contribution in [1.82, 2.24) is 5.32 Å². The lowest BCUT2D eigenvalue weighted by molar-refractivity contribution is -0.126. The zero-order valence-corrected chi connectivity index (χ0v) is 10.7. The number of carbonyl (C=O) groups is 1. The van der Waals surface area contributed by atoms with E-state index >= 15 is 0 Å². The summed E-state index contributed by atoms with van der Waals surface area (Å²) in [6.45, 7) is 1.76. The normalized spacial score (nSPS) is 11.4. The van der Waals surface area contributed by atoms with Crippen LogP contribution in [0.4, 0.5) is 0 Å². The van der Waals surface area contributed by atoms with E-state index in [2.05, 4.69) is 11.2 Å². The van der Waals surface area contributed by atoms with Crippen molar-refractivity contribution >= 4 is 29.1 Å². The lowest BCUT2D eigenvalue weighted by Gasteiger charge is -2.15. The van der Waals surface area contributed by atoms with Gasteiger partial charge in [0.05, 0.1) is 11.6 Å². The van der Waals surface area contributed by atoms with Crippen molar-refractivity contribution in [2.24, 2.45) is 0 Å². The lowest BCUT2D eigenvalue weighted by Crippen LogP contribution is -2.36. The maximum absolute atomic E-state index is 11.5. The molecule has 0 saturated heterocycles. The van der Waals surface area contributed by atoms with Gasteiger partial charge in [-0.15, -0.1) is 6.42 Å². The third-order valence-electron chi connectivity index (χ3n) is 1.95. The predicted molar refractivity (Wildman–Crippen MR) is 68.4 cm³/mol. The monoisotopic (exact) mass is 271 g/mol. The molecule has 0 spiro atoms. The minimum atomic E-state index is -0.695. The molecule has 1 aromatic rings. The van der Waals surface area contributed by atoms with E-state index in [4.69, 9.17) is 34.4 Å². The summed E-state index contributed by atoms with van der Waals surface area (Å²) in [4.78, 5) is 11.5. The van der Waals surface area contributed by atoms with E-state index < -0.39 is 6.10 Å². The van der Waals surface area contributed by atoms with Crippen LogP contribution in [-0.2, 0) is 4.79 Å². The first-order valence-electron chi connectivity index (χ1n) is 4.88. The Morgan fingerprint density at radius 3 is 2.94 bits per heavy atom. The highest BCUT2D eigenvalue weighted by molar-refractivity contribution is 6.42. The van der Waals surface area contributed by atoms with Crippen LogP contribution in [0.5, 0.6) is 5.75 Å². The molecule has 1 aromatic carbocycles. The summed E-state index contributed by atoms with van der Waals surface area (Å²) in [6, 6.07) is 4.97. The second-order valence-electron chi connectivity index (χ2n) is 3.23. The van der Waals surface area contributed by atoms with Gasteiger partial charge in [0.2, 0.25) is 0 Å². The molecule has 1 N–H and O–H groups in total. The van der Waals surface area contributed by atoms with E-state index in [0.717, 1.165) is 0 Å². The largest absolute Gasteiger partial charge is 0.479 e. The molecule has 0 saturated carbocycles. The highest BCUT2D eigenvalue weighted by atomic mass is 35.5. The number of halogens is 2. The second kappa shape index (κ2) is 6.39. The van der Waals surface area contributed by atoms with Gasteiger partial charge in [0, 0.05) is 0 Å². The van der Waals surface area contributed by atoms with E-state index in [1.54, 1.807) is 25.1 Å². The highest BCUT2D eigenvalue weighted by Crippen LogP contribution is 2.31. The zero-order valence-electron chi connectivity index (χ0n) is 9.17. The summed E-state index contributed by atoms with van der Waals surface area (Å²) < 4.78 is 5.39. The first-order chi connectivity index (χ1) is 8.06. The Bertz CT molecular complexity index is 454. The number of ether oxygens (including phenoxy) is 1. The number of hydrogen-bond donors (Lipinski definition) is 1. The number of amides is 1. The van der Waals surface area contributed by atoms with Crippen LogP contribution in [0.2, 0.25) is 10.0 Å². The zero-order chi connectivity index (χ0) is 12.8. The van der Waals surface area contributed by atoms with E-state index in [1.165, 1.54) is 0 Å². The molecule has 0 bridgehead atoms. The summed E-state index contributed by atoms with van der Waals surface area (Å²) in [6.07, 6.45) is 4.33. The molecular weight excluding hydrogens is 261 g/mol. The molecule has 0 aliphatic rings. The van der Waals surface area contributed by atoms with Crippen molar-refractivity contribution < 1.29 is 9.53 Å². The molecule has 90 valence electrons. The van der Waals surface area contributed by atoms with Gasteiger partial charge in [-0.2, -0.15) is 0 Å². The molecule has 1 rings (SSSR count). The van der Waals surface area contributed by atoms with Crippen LogP contribution < -0.4 is 10.1 Å². The van der Waals surface area contributed by atoms with Crippen molar-refractivity contribution in [2.45, 2.75) is 13.0 Å². The topological polar surface area (TPSA) is 38.3 Å². The van der Waals surface area contributed by atoms with Crippen molar-refractivity contribution in [1.29, 1.82) is 0 Å². The second-order valence-corrected chi connectivity index (χ2v) is 4.02. The van der Waals surface area contributed by atoms with Gasteiger partial charge in [-0.25, -0.2) is 0 Å². The Balaban J connectivity index is 2.68. The van der Waals surface area contributed by atoms with Crippen LogP contribution in [0.25, 0.3) is 0 Å². The molecule has 1 unspecified atom stereocenters. The van der Waals surface area contributed by atoms with Crippen LogP contribution >= 0.6 is 23.2 Å². The van der Waals surface area contributed by atoms with Gasteiger partial charge < -0.3 is 10.1 Å². The lowest BCUT2D eigenvalue weighted by atomic mass is 10.3. The predicted octanol–water partition coefficient (Wildman–Crippen LogP) is 2.51. The van der Waals surface area contributed by atoms with Gasteiger partial charge in [-0.05, 0) is 19.1 Å². The molecule has 0 aromatic heterocycles. The molecule has 0 aliphatic heterocycles. The fraction of sp³-hybridized carbons (Fsp3) is 0.250. The number of terminal acetylenes is 1. The van der Waals surface area contributed by atoms with E-state index in [9.17, 15) is 4.79 Å². The maximum Gasteiger partial charge on any atom is 0.261 e. The standard InChI is InChI=1S/C12H11Cl2NO2/c1-3-7-15-12(16)8(2)17-10-6-4-5-9(13)11(10)14/h1,4-6,8H,7H2,2H3,(H,15,16). The molecule has 1 atom stereocenters. The number of benzene rings is 1. The van der Waals surface area contributed by atoms with Crippen LogP contribution in [0.15, 0.2) is 18.2 Å². The summed E-state index contributed by atoms with van der Waals surface area (Å²) >= 11 is 11.7. The fourth-order valence-electron chi connectivity index (χ4n) is 1.10. The molecule has 0 aliphatic carbocycles. The van der Waals surface area contributed by atoms with Crippen LogP contribution in [0.3, 0.4) is 0 Å². The summed E-state index contributed by atoms with van der Waals surface area (Å²) in [5, 5.41) is 3.17. The number of carbonyl (C=O) groups excluding carboxylic acids is 1. The number of hydrogen-bond acceptors (Lipinski definition) is 2. The van der Waals surface area contributed by atoms with Crippen molar-refractivity contribution in [3.63, 3.8) is 0 Å². The molecule has 0 heterocycles. The first kappa shape index (κ1) is 13.7. The van der Waals surface area contributed by atoms with Crippen molar-refractivity contribution in [2.75, 3.05) is 6.54 Å². The Morgan fingerprint density at radius 2 is 2.29 bits per heavy atom. The molecular formula is C12H11Cl2NO2. The average molecular weight is 272 g/mol. The average Bonchev–Trinajstić information content (AvgIpc) is 2.31. The quantitative estimate of drug-likeness (QED) is 0.855. The molecule has 0 radical (unpaired) electrons. The molecule has 1 amide bonds. The smallest absolute Gasteiger partial charge is 0.261 e. The van der Waals surface area contributed by atoms with Gasteiger partial charge in [0.15, 0.2) is 6.10 Å². The highest BCUT2D eigenvalue weighted by Gasteiger charge is 2.16. The molecule has 3 nitrogen and oxygen atoms in total. The Kier molecular flexibility index (Phi) is 5.14. The fourth-order valence-corrected chi connectivity index (χ4v) is 1.44. The first-order valence-corrected chi connectivity index (χ1v) is 5.63. The van der Waals surface area contributed by atoms with Gasteiger partial charge in [0.1, 0.15) is 10.8 Å². The van der Waals surface area contributed by atoms with Crippen molar-refractivity contribution in [3.8, 4) is 18.1 Å². The summed E-state index contributed by atoms with van der Waals surface area (Å²) in [5.74, 6) is 2.36. The molecule has 5 heteroatoms. The van der Waals surface area contributed by atoms with Gasteiger partial charge in [0.25, 0.3) is 5.91 Å². The van der Waals surface area contributed by atoms with Crippen molar-refractivity contribution in [3.05, 3.63) is 28.2 Å². The maximum atomic E-state index is 11.5. The third-order valence-corrected chi connectivity index (χ3v) is 2.76. The minimum Gasteiger partial charge on any atom is -0.479 e. The minimum absolute atomic E-state index is 0.163.